The average molecular weight is 347 g/mol. The first-order valence-electron chi connectivity index (χ1n) is 9.64. The first-order chi connectivity index (χ1) is 11.8. The largest absolute Gasteiger partial charge is 0.399 e. The Morgan fingerprint density at radius 1 is 1.16 bits per heavy atom. The highest BCUT2D eigenvalue weighted by atomic mass is 16.6. The molecule has 0 saturated heterocycles. The van der Waals surface area contributed by atoms with E-state index in [9.17, 15) is 14.7 Å². The molecule has 1 unspecified atom stereocenters. The van der Waals surface area contributed by atoms with Crippen LogP contribution in [0.2, 0.25) is 0 Å². The van der Waals surface area contributed by atoms with E-state index in [4.69, 9.17) is 4.84 Å². The molecule has 4 rings (SSSR count). The third-order valence-corrected chi connectivity index (χ3v) is 8.21. The van der Waals surface area contributed by atoms with Gasteiger partial charge in [0.05, 0.1) is 11.8 Å². The summed E-state index contributed by atoms with van der Waals surface area (Å²) >= 11 is 0. The SMILES string of the molecule is CON=C1C[C@@H]2[C@H](CC[C@]3(C)C(=O)CC(O)[C@@H]23)[C@@]2(C)CCC(=O)C[C@H]12. The van der Waals surface area contributed by atoms with E-state index in [0.717, 1.165) is 31.4 Å². The topological polar surface area (TPSA) is 76.0 Å². The molecule has 0 aromatic heterocycles. The van der Waals surface area contributed by atoms with Gasteiger partial charge in [-0.15, -0.1) is 0 Å². The molecule has 4 saturated carbocycles. The molecule has 7 atom stereocenters. The van der Waals surface area contributed by atoms with Crippen molar-refractivity contribution in [3.8, 4) is 0 Å². The fourth-order valence-electron chi connectivity index (χ4n) is 6.92. The highest BCUT2D eigenvalue weighted by molar-refractivity contribution is 5.94. The molecule has 0 aromatic carbocycles. The van der Waals surface area contributed by atoms with Crippen molar-refractivity contribution in [2.75, 3.05) is 7.11 Å². The lowest BCUT2D eigenvalue weighted by Gasteiger charge is -2.59. The minimum absolute atomic E-state index is 0.0104. The van der Waals surface area contributed by atoms with E-state index < -0.39 is 11.5 Å². The van der Waals surface area contributed by atoms with Gasteiger partial charge in [-0.05, 0) is 42.9 Å². The monoisotopic (exact) mass is 347 g/mol. The molecule has 1 N–H and O–H groups in total. The van der Waals surface area contributed by atoms with Crippen LogP contribution in [0.15, 0.2) is 5.16 Å². The number of hydrogen-bond acceptors (Lipinski definition) is 5. The maximum absolute atomic E-state index is 12.6. The molecule has 25 heavy (non-hydrogen) atoms. The zero-order valence-electron chi connectivity index (χ0n) is 15.5. The normalized spacial score (nSPS) is 51.0. The molecular weight excluding hydrogens is 318 g/mol. The van der Waals surface area contributed by atoms with Gasteiger partial charge in [-0.1, -0.05) is 19.0 Å². The molecule has 4 aliphatic rings. The summed E-state index contributed by atoms with van der Waals surface area (Å²) in [6.45, 7) is 4.36. The Labute approximate surface area is 149 Å². The van der Waals surface area contributed by atoms with Crippen LogP contribution in [-0.4, -0.2) is 35.6 Å². The van der Waals surface area contributed by atoms with Crippen molar-refractivity contribution in [3.63, 3.8) is 0 Å². The number of fused-ring (bicyclic) bond motifs is 5. The van der Waals surface area contributed by atoms with E-state index >= 15 is 0 Å². The predicted molar refractivity (Wildman–Crippen MR) is 93.0 cm³/mol. The number of rotatable bonds is 1. The van der Waals surface area contributed by atoms with Crippen molar-refractivity contribution >= 4 is 17.3 Å². The molecule has 0 bridgehead atoms. The second-order valence-electron chi connectivity index (χ2n) is 9.22. The third-order valence-electron chi connectivity index (χ3n) is 8.21. The smallest absolute Gasteiger partial charge is 0.141 e. The average Bonchev–Trinajstić information content (AvgIpc) is 2.79. The molecule has 5 nitrogen and oxygen atoms in total. The Hall–Kier alpha value is -1.23. The van der Waals surface area contributed by atoms with Gasteiger partial charge in [-0.25, -0.2) is 0 Å². The summed E-state index contributed by atoms with van der Waals surface area (Å²) in [5.41, 5.74) is 0.586. The quantitative estimate of drug-likeness (QED) is 0.740. The minimum Gasteiger partial charge on any atom is -0.399 e. The molecule has 0 aliphatic heterocycles. The highest BCUT2D eigenvalue weighted by Gasteiger charge is 2.64. The van der Waals surface area contributed by atoms with E-state index in [0.29, 0.717) is 31.0 Å². The van der Waals surface area contributed by atoms with Gasteiger partial charge in [0, 0.05) is 36.5 Å². The standard InChI is InChI=1S/C20H29NO4/c1-19-6-4-11(22)8-14(19)15(21-25-3)9-12-13(19)5-7-20(2)17(24)10-16(23)18(12)20/h12-14,16,18,23H,4-10H2,1-3H3/t12-,13+,14-,16?,18-,19-,20-/m1/s1. The molecule has 0 radical (unpaired) electrons. The summed E-state index contributed by atoms with van der Waals surface area (Å²) in [6.07, 6.45) is 4.45. The first kappa shape index (κ1) is 17.2. The maximum atomic E-state index is 12.6. The Morgan fingerprint density at radius 2 is 1.92 bits per heavy atom. The number of carbonyl (C=O) groups is 2. The molecule has 0 aromatic rings. The van der Waals surface area contributed by atoms with Crippen LogP contribution in [0.4, 0.5) is 0 Å². The number of hydrogen-bond donors (Lipinski definition) is 1. The van der Waals surface area contributed by atoms with Crippen LogP contribution < -0.4 is 0 Å². The van der Waals surface area contributed by atoms with Crippen LogP contribution in [-0.2, 0) is 14.4 Å². The number of aliphatic hydroxyl groups is 1. The van der Waals surface area contributed by atoms with Crippen LogP contribution in [0.3, 0.4) is 0 Å². The molecule has 4 fully saturated rings. The van der Waals surface area contributed by atoms with Gasteiger partial charge >= 0.3 is 0 Å². The Bertz CT molecular complexity index is 644. The molecule has 5 heteroatoms. The summed E-state index contributed by atoms with van der Waals surface area (Å²) in [6, 6.07) is 0. The Morgan fingerprint density at radius 3 is 2.64 bits per heavy atom. The van der Waals surface area contributed by atoms with E-state index in [1.807, 2.05) is 0 Å². The van der Waals surface area contributed by atoms with E-state index in [-0.39, 0.29) is 29.0 Å². The second-order valence-corrected chi connectivity index (χ2v) is 9.22. The Kier molecular flexibility index (Phi) is 3.87. The van der Waals surface area contributed by atoms with Crippen LogP contribution in [0.5, 0.6) is 0 Å². The van der Waals surface area contributed by atoms with Crippen molar-refractivity contribution < 1.29 is 19.5 Å². The molecule has 0 heterocycles. The molecule has 4 aliphatic carbocycles. The lowest BCUT2D eigenvalue weighted by atomic mass is 9.44. The zero-order chi connectivity index (χ0) is 18.0. The number of Topliss-reactive ketones (excluding diaryl/α,β-unsaturated/α-hetero) is 2. The number of ketones is 2. The number of oxime groups is 1. The lowest BCUT2D eigenvalue weighted by Crippen LogP contribution is -2.57. The summed E-state index contributed by atoms with van der Waals surface area (Å²) < 4.78 is 0. The first-order valence-corrected chi connectivity index (χ1v) is 9.64. The van der Waals surface area contributed by atoms with Gasteiger partial charge in [0.1, 0.15) is 18.7 Å². The van der Waals surface area contributed by atoms with Crippen LogP contribution in [0, 0.1) is 34.5 Å². The van der Waals surface area contributed by atoms with Crippen molar-refractivity contribution in [2.24, 2.45) is 39.7 Å². The Balaban J connectivity index is 1.76. The third kappa shape index (κ3) is 2.27. The van der Waals surface area contributed by atoms with Crippen molar-refractivity contribution in [1.29, 1.82) is 0 Å². The number of aliphatic hydroxyl groups excluding tert-OH is 1. The van der Waals surface area contributed by atoms with Gasteiger partial charge in [0.25, 0.3) is 0 Å². The fourth-order valence-corrected chi connectivity index (χ4v) is 6.92. The lowest BCUT2D eigenvalue weighted by molar-refractivity contribution is -0.138. The van der Waals surface area contributed by atoms with Gasteiger partial charge in [-0.2, -0.15) is 0 Å². The molecular formula is C20H29NO4. The van der Waals surface area contributed by atoms with Crippen molar-refractivity contribution in [1.82, 2.24) is 0 Å². The van der Waals surface area contributed by atoms with Crippen LogP contribution in [0.1, 0.15) is 58.8 Å². The summed E-state index contributed by atoms with van der Waals surface area (Å²) in [7, 11) is 1.56. The minimum atomic E-state index is -0.542. The maximum Gasteiger partial charge on any atom is 0.141 e. The number of carbonyl (C=O) groups excluding carboxylic acids is 2. The summed E-state index contributed by atoms with van der Waals surface area (Å²) in [5.74, 6) is 1.40. The number of nitrogens with zero attached hydrogens (tertiary/aromatic N) is 1. The molecule has 0 amide bonds. The summed E-state index contributed by atoms with van der Waals surface area (Å²) in [5, 5.41) is 15.0. The van der Waals surface area contributed by atoms with E-state index in [1.165, 1.54) is 0 Å². The van der Waals surface area contributed by atoms with Crippen molar-refractivity contribution in [3.05, 3.63) is 0 Å². The van der Waals surface area contributed by atoms with Gasteiger partial charge in [0.15, 0.2) is 0 Å². The predicted octanol–water partition coefficient (Wildman–Crippen LogP) is 2.75. The summed E-state index contributed by atoms with van der Waals surface area (Å²) in [4.78, 5) is 29.8. The van der Waals surface area contributed by atoms with Gasteiger partial charge in [-0.3, -0.25) is 9.59 Å². The fraction of sp³-hybridized carbons (Fsp3) is 0.850. The van der Waals surface area contributed by atoms with Crippen LogP contribution in [0.25, 0.3) is 0 Å². The van der Waals surface area contributed by atoms with E-state index in [2.05, 4.69) is 19.0 Å². The highest BCUT2D eigenvalue weighted by Crippen LogP contribution is 2.64. The van der Waals surface area contributed by atoms with Crippen LogP contribution >= 0.6 is 0 Å². The molecule has 138 valence electrons. The zero-order valence-corrected chi connectivity index (χ0v) is 15.5. The van der Waals surface area contributed by atoms with E-state index in [1.54, 1.807) is 7.11 Å². The van der Waals surface area contributed by atoms with Gasteiger partial charge < -0.3 is 9.94 Å². The van der Waals surface area contributed by atoms with Crippen molar-refractivity contribution in [2.45, 2.75) is 64.9 Å². The second kappa shape index (κ2) is 5.63. The molecule has 0 spiro atoms. The van der Waals surface area contributed by atoms with Gasteiger partial charge in [0.2, 0.25) is 0 Å².